The fourth-order valence-corrected chi connectivity index (χ4v) is 6.67. The molecule has 0 saturated carbocycles. The van der Waals surface area contributed by atoms with E-state index in [1.807, 2.05) is 41.9 Å². The summed E-state index contributed by atoms with van der Waals surface area (Å²) in [5.74, 6) is 0.686. The van der Waals surface area contributed by atoms with Gasteiger partial charge >= 0.3 is 0 Å². The molecule has 0 spiro atoms. The van der Waals surface area contributed by atoms with Crippen LogP contribution in [0.15, 0.2) is 58.3 Å². The largest absolute Gasteiger partial charge is 0.296 e. The Hall–Kier alpha value is -2.53. The topological polar surface area (TPSA) is 72.7 Å². The molecule has 1 amide bonds. The molecule has 31 heavy (non-hydrogen) atoms. The van der Waals surface area contributed by atoms with Gasteiger partial charge in [0.25, 0.3) is 5.91 Å². The molecule has 6 nitrogen and oxygen atoms in total. The van der Waals surface area contributed by atoms with Gasteiger partial charge in [-0.3, -0.25) is 14.8 Å². The van der Waals surface area contributed by atoms with Gasteiger partial charge in [-0.05, 0) is 30.0 Å². The highest BCUT2D eigenvalue weighted by Crippen LogP contribution is 2.32. The molecule has 0 fully saturated rings. The van der Waals surface area contributed by atoms with E-state index in [4.69, 9.17) is 0 Å². The van der Waals surface area contributed by atoms with Gasteiger partial charge < -0.3 is 0 Å². The van der Waals surface area contributed by atoms with Crippen molar-refractivity contribution in [3.8, 4) is 0 Å². The number of hydrogen-bond donors (Lipinski definition) is 1. The molecule has 0 radical (unpaired) electrons. The minimum Gasteiger partial charge on any atom is -0.296 e. The molecular formula is C21H17N5OS4. The van der Waals surface area contributed by atoms with Crippen LogP contribution in [0.1, 0.15) is 25.8 Å². The molecule has 0 aliphatic heterocycles. The number of anilines is 1. The van der Waals surface area contributed by atoms with Crippen molar-refractivity contribution >= 4 is 67.0 Å². The van der Waals surface area contributed by atoms with Crippen LogP contribution in [0.4, 0.5) is 5.13 Å². The number of rotatable bonds is 7. The van der Waals surface area contributed by atoms with Crippen LogP contribution in [-0.4, -0.2) is 25.9 Å². The van der Waals surface area contributed by atoms with Gasteiger partial charge in [0, 0.05) is 16.0 Å². The van der Waals surface area contributed by atoms with Crippen LogP contribution in [0, 0.1) is 6.92 Å². The molecule has 0 atom stereocenters. The van der Waals surface area contributed by atoms with Gasteiger partial charge in [-0.2, -0.15) is 5.10 Å². The highest BCUT2D eigenvalue weighted by molar-refractivity contribution is 8.00. The lowest BCUT2D eigenvalue weighted by atomic mass is 10.2. The number of thioether (sulfide) groups is 1. The highest BCUT2D eigenvalue weighted by Gasteiger charge is 2.18. The van der Waals surface area contributed by atoms with Crippen molar-refractivity contribution in [1.82, 2.24) is 20.0 Å². The lowest BCUT2D eigenvalue weighted by Crippen LogP contribution is -2.09. The molecule has 0 bridgehead atoms. The van der Waals surface area contributed by atoms with Crippen LogP contribution in [0.5, 0.6) is 0 Å². The Morgan fingerprint density at radius 1 is 1.13 bits per heavy atom. The van der Waals surface area contributed by atoms with E-state index in [2.05, 4.69) is 44.2 Å². The molecule has 1 aromatic carbocycles. The highest BCUT2D eigenvalue weighted by atomic mass is 32.2. The average Bonchev–Trinajstić information content (AvgIpc) is 3.55. The Balaban J connectivity index is 1.29. The summed E-state index contributed by atoms with van der Waals surface area (Å²) in [5.41, 5.74) is 2.09. The zero-order chi connectivity index (χ0) is 21.2. The Bertz CT molecular complexity index is 1320. The van der Waals surface area contributed by atoms with E-state index in [0.717, 1.165) is 26.0 Å². The van der Waals surface area contributed by atoms with Crippen molar-refractivity contribution in [2.45, 2.75) is 23.6 Å². The fraction of sp³-hybridized carbons (Fsp3) is 0.143. The normalized spacial score (nSPS) is 11.3. The zero-order valence-corrected chi connectivity index (χ0v) is 19.7. The van der Waals surface area contributed by atoms with Crippen LogP contribution in [0.3, 0.4) is 0 Å². The second kappa shape index (κ2) is 8.91. The maximum absolute atomic E-state index is 12.8. The van der Waals surface area contributed by atoms with Gasteiger partial charge in [0.2, 0.25) is 5.13 Å². The predicted octanol–water partition coefficient (Wildman–Crippen LogP) is 5.91. The van der Waals surface area contributed by atoms with E-state index < -0.39 is 0 Å². The molecule has 4 aromatic heterocycles. The molecule has 1 N–H and O–H groups in total. The second-order valence-corrected chi connectivity index (χ2v) is 11.0. The minimum atomic E-state index is -0.169. The van der Waals surface area contributed by atoms with Gasteiger partial charge in [0.05, 0.1) is 17.1 Å². The number of nitrogens with one attached hydrogen (secondary N) is 1. The summed E-state index contributed by atoms with van der Waals surface area (Å²) < 4.78 is 2.81. The van der Waals surface area contributed by atoms with E-state index >= 15 is 0 Å². The lowest BCUT2D eigenvalue weighted by Gasteiger charge is -2.02. The third kappa shape index (κ3) is 4.57. The molecule has 10 heteroatoms. The SMILES string of the molecule is Cc1nn(Cc2ccccc2)c2sc(C(=O)Nc3nnc(SCc4cccs4)s3)cc12. The van der Waals surface area contributed by atoms with Gasteiger partial charge in [-0.25, -0.2) is 0 Å². The maximum atomic E-state index is 12.8. The molecular weight excluding hydrogens is 467 g/mol. The molecule has 5 rings (SSSR count). The van der Waals surface area contributed by atoms with Crippen molar-refractivity contribution in [2.75, 3.05) is 5.32 Å². The summed E-state index contributed by atoms with van der Waals surface area (Å²) in [6.45, 7) is 2.65. The number of aromatic nitrogens is 4. The van der Waals surface area contributed by atoms with Gasteiger partial charge in [-0.1, -0.05) is 59.5 Å². The number of nitrogens with zero attached hydrogens (tertiary/aromatic N) is 4. The number of amides is 1. The van der Waals surface area contributed by atoms with Crippen LogP contribution >= 0.6 is 45.8 Å². The Morgan fingerprint density at radius 2 is 2.00 bits per heavy atom. The first kappa shape index (κ1) is 20.4. The summed E-state index contributed by atoms with van der Waals surface area (Å²) in [4.78, 5) is 15.7. The smallest absolute Gasteiger partial charge is 0.267 e. The molecule has 0 aliphatic carbocycles. The van der Waals surface area contributed by atoms with E-state index in [1.54, 1.807) is 23.1 Å². The van der Waals surface area contributed by atoms with Crippen molar-refractivity contribution in [2.24, 2.45) is 0 Å². The molecule has 5 aromatic rings. The average molecular weight is 484 g/mol. The third-order valence-corrected chi connectivity index (χ3v) is 8.78. The predicted molar refractivity (Wildman–Crippen MR) is 130 cm³/mol. The Labute approximate surface area is 195 Å². The summed E-state index contributed by atoms with van der Waals surface area (Å²) in [6.07, 6.45) is 0. The number of carbonyl (C=O) groups excluding carboxylic acids is 1. The van der Waals surface area contributed by atoms with Crippen molar-refractivity contribution in [1.29, 1.82) is 0 Å². The lowest BCUT2D eigenvalue weighted by molar-refractivity contribution is 0.103. The van der Waals surface area contributed by atoms with Crippen molar-refractivity contribution in [3.63, 3.8) is 0 Å². The standard InChI is InChI=1S/C21H17N5OS4/c1-13-16-10-17(30-19(16)26(25-13)11-14-6-3-2-4-7-14)18(27)22-20-23-24-21(31-20)29-12-15-8-5-9-28-15/h2-10H,11-12H2,1H3,(H,22,23,27). The molecule has 156 valence electrons. The van der Waals surface area contributed by atoms with Gasteiger partial charge in [0.1, 0.15) is 4.83 Å². The van der Waals surface area contributed by atoms with E-state index in [9.17, 15) is 4.79 Å². The minimum absolute atomic E-state index is 0.169. The van der Waals surface area contributed by atoms with E-state index in [0.29, 0.717) is 16.6 Å². The molecule has 0 aliphatic rings. The Morgan fingerprint density at radius 3 is 2.81 bits per heavy atom. The fourth-order valence-electron chi connectivity index (χ4n) is 3.09. The number of fused-ring (bicyclic) bond motifs is 1. The summed E-state index contributed by atoms with van der Waals surface area (Å²) in [7, 11) is 0. The zero-order valence-electron chi connectivity index (χ0n) is 16.4. The molecule has 4 heterocycles. The quantitative estimate of drug-likeness (QED) is 0.230. The van der Waals surface area contributed by atoms with Crippen LogP contribution in [0.25, 0.3) is 10.2 Å². The number of benzene rings is 1. The van der Waals surface area contributed by atoms with Crippen LogP contribution < -0.4 is 5.32 Å². The Kier molecular flexibility index (Phi) is 5.86. The maximum Gasteiger partial charge on any atom is 0.267 e. The number of hydrogen-bond acceptors (Lipinski definition) is 8. The first-order valence-electron chi connectivity index (χ1n) is 9.46. The van der Waals surface area contributed by atoms with Gasteiger partial charge in [0.15, 0.2) is 4.34 Å². The van der Waals surface area contributed by atoms with Gasteiger partial charge in [-0.15, -0.1) is 32.9 Å². The van der Waals surface area contributed by atoms with Crippen LogP contribution in [-0.2, 0) is 12.3 Å². The monoisotopic (exact) mass is 483 g/mol. The van der Waals surface area contributed by atoms with Crippen molar-refractivity contribution < 1.29 is 4.79 Å². The van der Waals surface area contributed by atoms with E-state index in [1.165, 1.54) is 33.1 Å². The van der Waals surface area contributed by atoms with E-state index in [-0.39, 0.29) is 5.91 Å². The summed E-state index contributed by atoms with van der Waals surface area (Å²) >= 11 is 6.19. The van der Waals surface area contributed by atoms with Crippen molar-refractivity contribution in [3.05, 3.63) is 74.9 Å². The second-order valence-electron chi connectivity index (χ2n) is 6.75. The first-order valence-corrected chi connectivity index (χ1v) is 13.0. The summed E-state index contributed by atoms with van der Waals surface area (Å²) in [5, 5.41) is 19.4. The van der Waals surface area contributed by atoms with Crippen LogP contribution in [0.2, 0.25) is 0 Å². The molecule has 0 saturated heterocycles. The first-order chi connectivity index (χ1) is 15.2. The summed E-state index contributed by atoms with van der Waals surface area (Å²) in [6, 6.07) is 16.2. The third-order valence-electron chi connectivity index (χ3n) is 4.55. The number of thiophene rings is 2. The number of aryl methyl sites for hydroxylation is 1. The molecule has 0 unspecified atom stereocenters. The number of carbonyl (C=O) groups is 1.